The molecule has 3 fully saturated rings. The number of nitrogens with zero attached hydrogens (tertiary/aromatic N) is 3. The highest BCUT2D eigenvalue weighted by Crippen LogP contribution is 2.61. The van der Waals surface area contributed by atoms with Crippen molar-refractivity contribution in [1.29, 1.82) is 0 Å². The number of hydrogen-bond acceptors (Lipinski definition) is 6. The average Bonchev–Trinajstić information content (AvgIpc) is 3.72. The van der Waals surface area contributed by atoms with Gasteiger partial charge in [0.15, 0.2) is 0 Å². The summed E-state index contributed by atoms with van der Waals surface area (Å²) in [6.45, 7) is 14.2. The lowest BCUT2D eigenvalue weighted by Gasteiger charge is -2.40. The van der Waals surface area contributed by atoms with Gasteiger partial charge in [-0.1, -0.05) is 76.6 Å². The van der Waals surface area contributed by atoms with E-state index in [0.717, 1.165) is 22.4 Å². The molecule has 3 aromatic rings. The Hall–Kier alpha value is -4.25. The van der Waals surface area contributed by atoms with Gasteiger partial charge in [-0.05, 0) is 74.6 Å². The van der Waals surface area contributed by atoms with Gasteiger partial charge < -0.3 is 29.3 Å². The van der Waals surface area contributed by atoms with Gasteiger partial charge in [0.05, 0.1) is 37.2 Å². The number of benzene rings is 3. The van der Waals surface area contributed by atoms with Crippen molar-refractivity contribution in [2.75, 3.05) is 36.1 Å². The maximum atomic E-state index is 15.3. The molecule has 0 radical (unpaired) electrons. The number of carbonyl (C=O) groups excluding carboxylic acids is 3. The number of alkyl halides is 1. The van der Waals surface area contributed by atoms with Crippen LogP contribution in [0.15, 0.2) is 98.1 Å². The van der Waals surface area contributed by atoms with Gasteiger partial charge in [-0.2, -0.15) is 0 Å². The van der Waals surface area contributed by atoms with E-state index in [2.05, 4.69) is 29.1 Å². The van der Waals surface area contributed by atoms with Crippen LogP contribution in [0.2, 0.25) is 0 Å². The second-order valence-electron chi connectivity index (χ2n) is 13.6. The summed E-state index contributed by atoms with van der Waals surface area (Å²) in [5.74, 6) is -2.17. The van der Waals surface area contributed by atoms with Gasteiger partial charge in [-0.25, -0.2) is 0 Å². The summed E-state index contributed by atoms with van der Waals surface area (Å²) in [5.41, 5.74) is 2.75. The molecule has 6 rings (SSSR count). The van der Waals surface area contributed by atoms with Crippen LogP contribution in [0.1, 0.15) is 30.0 Å². The first-order valence-electron chi connectivity index (χ1n) is 17.5. The Morgan fingerprint density at radius 2 is 1.65 bits per heavy atom. The van der Waals surface area contributed by atoms with Crippen LogP contribution in [0, 0.1) is 25.7 Å². The van der Waals surface area contributed by atoms with E-state index < -0.39 is 35.6 Å². The number of aliphatic hydroxyl groups is 1. The summed E-state index contributed by atoms with van der Waals surface area (Å²) in [6, 6.07) is 20.8. The zero-order chi connectivity index (χ0) is 36.4. The van der Waals surface area contributed by atoms with Gasteiger partial charge in [0.1, 0.15) is 17.4 Å². The number of ether oxygens (including phenoxy) is 2. The van der Waals surface area contributed by atoms with Gasteiger partial charge in [0, 0.05) is 29.3 Å². The fourth-order valence-corrected chi connectivity index (χ4v) is 9.42. The largest absolute Gasteiger partial charge is 0.494 e. The van der Waals surface area contributed by atoms with Crippen molar-refractivity contribution in [3.05, 3.63) is 115 Å². The fourth-order valence-electron chi connectivity index (χ4n) is 8.48. The van der Waals surface area contributed by atoms with E-state index in [1.807, 2.05) is 93.6 Å². The minimum Gasteiger partial charge on any atom is -0.494 e. The van der Waals surface area contributed by atoms with Crippen molar-refractivity contribution in [2.24, 2.45) is 11.8 Å². The number of aryl methyl sites for hydroxylation is 2. The predicted molar refractivity (Wildman–Crippen MR) is 202 cm³/mol. The first kappa shape index (κ1) is 36.5. The molecule has 0 aliphatic carbocycles. The molecule has 1 spiro atoms. The Kier molecular flexibility index (Phi) is 10.9. The highest BCUT2D eigenvalue weighted by Gasteiger charge is 2.77. The standard InChI is InChI=1S/C41H46BrN3O6/c1-6-21-43(29-17-19-31(20-18-29)50-8-3)38(47)33-34-39(48)45(30(25-46)23-28-15-10-9-11-16-28)37(41(34)24-32(42)36(33)51-41)40(49)44(22-7-2)35-26(4)13-12-14-27(35)5/h6-7,9-20,30,32-34,36-37,46H,1-2,8,21-25H2,3-5H3/t30-,32?,33-,34+,36-,37?,41?/m1/s1. The second-order valence-corrected chi connectivity index (χ2v) is 14.8. The Balaban J connectivity index is 1.47. The molecule has 7 atom stereocenters. The minimum absolute atomic E-state index is 0.195. The van der Waals surface area contributed by atoms with E-state index >= 15 is 9.59 Å². The van der Waals surface area contributed by atoms with Crippen molar-refractivity contribution in [1.82, 2.24) is 4.90 Å². The summed E-state index contributed by atoms with van der Waals surface area (Å²) in [6.07, 6.45) is 3.32. The molecule has 3 aliphatic heterocycles. The Bertz CT molecular complexity index is 1760. The number of para-hydroxylation sites is 1. The molecule has 2 bridgehead atoms. The van der Waals surface area contributed by atoms with Crippen molar-refractivity contribution in [2.45, 2.75) is 62.2 Å². The van der Waals surface area contributed by atoms with Crippen LogP contribution in [-0.2, 0) is 25.5 Å². The molecule has 3 amide bonds. The number of anilines is 2. The number of likely N-dealkylation sites (tertiary alicyclic amines) is 1. The van der Waals surface area contributed by atoms with Crippen LogP contribution in [0.25, 0.3) is 0 Å². The smallest absolute Gasteiger partial charge is 0.253 e. The van der Waals surface area contributed by atoms with E-state index in [1.165, 1.54) is 0 Å². The molecule has 0 saturated carbocycles. The lowest BCUT2D eigenvalue weighted by Crippen LogP contribution is -2.59. The molecule has 3 saturated heterocycles. The number of amides is 3. The Labute approximate surface area is 308 Å². The molecule has 268 valence electrons. The lowest BCUT2D eigenvalue weighted by atomic mass is 9.70. The van der Waals surface area contributed by atoms with Crippen LogP contribution >= 0.6 is 15.9 Å². The second kappa shape index (κ2) is 15.2. The first-order valence-corrected chi connectivity index (χ1v) is 18.5. The molecule has 3 aromatic carbocycles. The summed E-state index contributed by atoms with van der Waals surface area (Å²) in [4.78, 5) is 49.8. The number of aliphatic hydroxyl groups excluding tert-OH is 1. The lowest BCUT2D eigenvalue weighted by molar-refractivity contribution is -0.144. The third-order valence-electron chi connectivity index (χ3n) is 10.5. The molecular formula is C41H46BrN3O6. The van der Waals surface area contributed by atoms with Crippen LogP contribution in [0.4, 0.5) is 11.4 Å². The van der Waals surface area contributed by atoms with Gasteiger partial charge in [0.25, 0.3) is 5.91 Å². The summed E-state index contributed by atoms with van der Waals surface area (Å²) < 4.78 is 12.5. The van der Waals surface area contributed by atoms with Crippen LogP contribution in [0.3, 0.4) is 0 Å². The van der Waals surface area contributed by atoms with Crippen LogP contribution < -0.4 is 14.5 Å². The maximum Gasteiger partial charge on any atom is 0.253 e. The van der Waals surface area contributed by atoms with Crippen LogP contribution in [-0.4, -0.2) is 82.6 Å². The van der Waals surface area contributed by atoms with Crippen molar-refractivity contribution in [3.63, 3.8) is 0 Å². The molecule has 0 aromatic heterocycles. The zero-order valence-corrected chi connectivity index (χ0v) is 31.0. The van der Waals surface area contributed by atoms with Gasteiger partial charge in [0.2, 0.25) is 11.8 Å². The molecule has 9 nitrogen and oxygen atoms in total. The summed E-state index contributed by atoms with van der Waals surface area (Å²) in [5, 5.41) is 11.0. The SMILES string of the molecule is C=CCN(C(=O)[C@H]1[C@@H]2OC3(CC2Br)C(C(=O)N(CC=C)c2c(C)cccc2C)N([C@@H](CO)Cc2ccccc2)C(=O)[C@H]13)c1ccc(OCC)cc1. The molecule has 3 aliphatic rings. The molecule has 1 N–H and O–H groups in total. The monoisotopic (exact) mass is 755 g/mol. The highest BCUT2D eigenvalue weighted by molar-refractivity contribution is 9.09. The van der Waals surface area contributed by atoms with E-state index in [4.69, 9.17) is 9.47 Å². The third-order valence-corrected chi connectivity index (χ3v) is 11.3. The van der Waals surface area contributed by atoms with E-state index in [0.29, 0.717) is 30.9 Å². The number of hydrogen-bond donors (Lipinski definition) is 1. The number of rotatable bonds is 14. The quantitative estimate of drug-likeness (QED) is 0.165. The Morgan fingerprint density at radius 3 is 2.25 bits per heavy atom. The Morgan fingerprint density at radius 1 is 1.00 bits per heavy atom. The van der Waals surface area contributed by atoms with Gasteiger partial charge in [-0.3, -0.25) is 14.4 Å². The molecule has 51 heavy (non-hydrogen) atoms. The minimum atomic E-state index is -1.33. The summed E-state index contributed by atoms with van der Waals surface area (Å²) in [7, 11) is 0. The van der Waals surface area contributed by atoms with E-state index in [-0.39, 0.29) is 42.2 Å². The van der Waals surface area contributed by atoms with E-state index in [1.54, 1.807) is 26.9 Å². The molecular weight excluding hydrogens is 710 g/mol. The van der Waals surface area contributed by atoms with Crippen molar-refractivity contribution in [3.8, 4) is 5.75 Å². The zero-order valence-electron chi connectivity index (χ0n) is 29.4. The van der Waals surface area contributed by atoms with Gasteiger partial charge in [-0.15, -0.1) is 13.2 Å². The van der Waals surface area contributed by atoms with Crippen molar-refractivity contribution >= 4 is 45.0 Å². The third kappa shape index (κ3) is 6.42. The predicted octanol–water partition coefficient (Wildman–Crippen LogP) is 5.79. The molecule has 3 unspecified atom stereocenters. The normalized spacial score (nSPS) is 25.3. The fraction of sp³-hybridized carbons (Fsp3) is 0.390. The first-order chi connectivity index (χ1) is 24.6. The average molecular weight is 757 g/mol. The highest BCUT2D eigenvalue weighted by atomic mass is 79.9. The van der Waals surface area contributed by atoms with E-state index in [9.17, 15) is 9.90 Å². The number of halogens is 1. The van der Waals surface area contributed by atoms with Crippen molar-refractivity contribution < 1.29 is 29.0 Å². The maximum absolute atomic E-state index is 15.3. The molecule has 10 heteroatoms. The summed E-state index contributed by atoms with van der Waals surface area (Å²) >= 11 is 3.81. The van der Waals surface area contributed by atoms with Crippen LogP contribution in [0.5, 0.6) is 5.75 Å². The topological polar surface area (TPSA) is 99.6 Å². The number of carbonyl (C=O) groups is 3. The van der Waals surface area contributed by atoms with Gasteiger partial charge >= 0.3 is 0 Å². The number of fused-ring (bicyclic) bond motifs is 1. The molecule has 3 heterocycles.